The van der Waals surface area contributed by atoms with Crippen LogP contribution in [0.15, 0.2) is 18.2 Å². The molecule has 14 heavy (non-hydrogen) atoms. The van der Waals surface area contributed by atoms with Gasteiger partial charge in [0.1, 0.15) is 11.4 Å². The van der Waals surface area contributed by atoms with Crippen molar-refractivity contribution < 1.29 is 9.50 Å². The number of nitrogens with zero attached hydrogens (tertiary/aromatic N) is 1. The number of phenols is 1. The number of phenolic OH excluding ortho intramolecular Hbond substituents is 1. The van der Waals surface area contributed by atoms with Crippen molar-refractivity contribution in [2.45, 2.75) is 19.5 Å². The lowest BCUT2D eigenvalue weighted by Gasteiger charge is -2.10. The van der Waals surface area contributed by atoms with Crippen LogP contribution >= 0.6 is 11.5 Å². The Labute approximate surface area is 85.2 Å². The van der Waals surface area contributed by atoms with Crippen molar-refractivity contribution in [1.29, 1.82) is 0 Å². The highest BCUT2D eigenvalue weighted by Crippen LogP contribution is 2.36. The predicted molar refractivity (Wildman–Crippen MR) is 55.4 cm³/mol. The Bertz CT molecular complexity index is 472. The van der Waals surface area contributed by atoms with Gasteiger partial charge in [-0.1, -0.05) is 12.1 Å². The van der Waals surface area contributed by atoms with E-state index in [1.54, 1.807) is 18.2 Å². The lowest BCUT2D eigenvalue weighted by molar-refractivity contribution is 0.218. The van der Waals surface area contributed by atoms with Crippen LogP contribution in [0.25, 0.3) is 10.1 Å². The summed E-state index contributed by atoms with van der Waals surface area (Å²) in [4.78, 5) is 0. The second kappa shape index (κ2) is 2.92. The predicted octanol–water partition coefficient (Wildman–Crippen LogP) is 3.21. The molecule has 0 bridgehead atoms. The molecule has 4 heteroatoms. The summed E-state index contributed by atoms with van der Waals surface area (Å²) in [6.07, 6.45) is 0. The summed E-state index contributed by atoms with van der Waals surface area (Å²) in [6.45, 7) is 2.93. The zero-order chi connectivity index (χ0) is 10.3. The van der Waals surface area contributed by atoms with E-state index in [9.17, 15) is 9.50 Å². The lowest BCUT2D eigenvalue weighted by atomic mass is 10.0. The normalized spacial score (nSPS) is 12.2. The van der Waals surface area contributed by atoms with Gasteiger partial charge in [0, 0.05) is 5.39 Å². The molecule has 1 aromatic carbocycles. The van der Waals surface area contributed by atoms with E-state index < -0.39 is 5.67 Å². The van der Waals surface area contributed by atoms with Crippen LogP contribution in [0.4, 0.5) is 4.39 Å². The molecule has 0 atom stereocenters. The molecule has 0 fully saturated rings. The molecule has 0 aliphatic rings. The minimum atomic E-state index is -1.47. The van der Waals surface area contributed by atoms with Gasteiger partial charge in [-0.15, -0.1) is 0 Å². The van der Waals surface area contributed by atoms with E-state index in [1.165, 1.54) is 13.8 Å². The van der Waals surface area contributed by atoms with Crippen LogP contribution in [0, 0.1) is 0 Å². The Morgan fingerprint density at radius 2 is 2.14 bits per heavy atom. The molecule has 1 N–H and O–H groups in total. The summed E-state index contributed by atoms with van der Waals surface area (Å²) in [5, 5.41) is 10.2. The van der Waals surface area contributed by atoms with Gasteiger partial charge in [0.05, 0.1) is 10.4 Å². The van der Waals surface area contributed by atoms with Crippen LogP contribution < -0.4 is 0 Å². The number of hydrogen-bond acceptors (Lipinski definition) is 3. The van der Waals surface area contributed by atoms with E-state index in [0.717, 1.165) is 11.5 Å². The average molecular weight is 211 g/mol. The number of alkyl halides is 1. The summed E-state index contributed by atoms with van der Waals surface area (Å²) >= 11 is 1.13. The summed E-state index contributed by atoms with van der Waals surface area (Å²) < 4.78 is 18.4. The van der Waals surface area contributed by atoms with Gasteiger partial charge >= 0.3 is 0 Å². The first kappa shape index (κ1) is 9.40. The summed E-state index contributed by atoms with van der Waals surface area (Å²) in [7, 11) is 0. The average Bonchev–Trinajstić information content (AvgIpc) is 2.47. The molecule has 0 amide bonds. The Kier molecular flexibility index (Phi) is 1.96. The molecule has 0 radical (unpaired) electrons. The Balaban J connectivity index is 2.76. The third kappa shape index (κ3) is 1.35. The summed E-state index contributed by atoms with van der Waals surface area (Å²) in [5.74, 6) is 0.163. The molecule has 0 spiro atoms. The zero-order valence-electron chi connectivity index (χ0n) is 7.91. The zero-order valence-corrected chi connectivity index (χ0v) is 8.73. The number of hydrogen-bond donors (Lipinski definition) is 1. The highest BCUT2D eigenvalue weighted by atomic mass is 32.1. The Hall–Kier alpha value is -1.16. The van der Waals surface area contributed by atoms with Crippen molar-refractivity contribution in [2.24, 2.45) is 0 Å². The molecular weight excluding hydrogens is 201 g/mol. The molecule has 0 aliphatic heterocycles. The standard InChI is InChI=1S/C10H10FNOS/c1-10(2,11)9-6-4-3-5-7(13)8(6)14-12-9/h3-5,13H,1-2H3. The van der Waals surface area contributed by atoms with Crippen molar-refractivity contribution >= 4 is 21.6 Å². The molecule has 1 aromatic heterocycles. The molecular formula is C10H10FNOS. The largest absolute Gasteiger partial charge is 0.506 e. The molecule has 2 nitrogen and oxygen atoms in total. The number of halogens is 1. The van der Waals surface area contributed by atoms with Crippen molar-refractivity contribution in [3.63, 3.8) is 0 Å². The highest BCUT2D eigenvalue weighted by molar-refractivity contribution is 7.13. The maximum Gasteiger partial charge on any atom is 0.148 e. The third-order valence-corrected chi connectivity index (χ3v) is 2.93. The van der Waals surface area contributed by atoms with Crippen LogP contribution in [0.2, 0.25) is 0 Å². The van der Waals surface area contributed by atoms with Crippen molar-refractivity contribution in [3.8, 4) is 5.75 Å². The molecule has 0 aliphatic carbocycles. The van der Waals surface area contributed by atoms with E-state index in [4.69, 9.17) is 0 Å². The maximum absolute atomic E-state index is 13.7. The van der Waals surface area contributed by atoms with Gasteiger partial charge in [0.2, 0.25) is 0 Å². The SMILES string of the molecule is CC(C)(F)c1nsc2c(O)cccc12. The number of aromatic nitrogens is 1. The van der Waals surface area contributed by atoms with E-state index >= 15 is 0 Å². The fourth-order valence-electron chi connectivity index (χ4n) is 1.38. The monoisotopic (exact) mass is 211 g/mol. The van der Waals surface area contributed by atoms with Crippen molar-refractivity contribution in [3.05, 3.63) is 23.9 Å². The summed E-state index contributed by atoms with van der Waals surface area (Å²) in [6, 6.07) is 5.05. The van der Waals surface area contributed by atoms with E-state index in [-0.39, 0.29) is 5.75 Å². The lowest BCUT2D eigenvalue weighted by Crippen LogP contribution is -2.09. The number of aromatic hydroxyl groups is 1. The van der Waals surface area contributed by atoms with Gasteiger partial charge in [-0.25, -0.2) is 4.39 Å². The first-order valence-corrected chi connectivity index (χ1v) is 5.04. The molecule has 74 valence electrons. The number of fused-ring (bicyclic) bond motifs is 1. The maximum atomic E-state index is 13.7. The third-order valence-electron chi connectivity index (χ3n) is 2.04. The van der Waals surface area contributed by atoms with Crippen LogP contribution in [-0.2, 0) is 5.67 Å². The van der Waals surface area contributed by atoms with Crippen molar-refractivity contribution in [1.82, 2.24) is 4.37 Å². The fourth-order valence-corrected chi connectivity index (χ4v) is 2.30. The highest BCUT2D eigenvalue weighted by Gasteiger charge is 2.25. The van der Waals surface area contributed by atoms with Gasteiger partial charge in [-0.3, -0.25) is 0 Å². The first-order valence-electron chi connectivity index (χ1n) is 4.27. The smallest absolute Gasteiger partial charge is 0.148 e. The summed E-state index contributed by atoms with van der Waals surface area (Å²) in [5.41, 5.74) is -1.07. The topological polar surface area (TPSA) is 33.1 Å². The molecule has 2 aromatic rings. The quantitative estimate of drug-likeness (QED) is 0.785. The molecule has 0 saturated heterocycles. The molecule has 0 unspecified atom stereocenters. The number of rotatable bonds is 1. The second-order valence-corrected chi connectivity index (χ2v) is 4.43. The Morgan fingerprint density at radius 1 is 1.43 bits per heavy atom. The van der Waals surface area contributed by atoms with E-state index in [1.807, 2.05) is 0 Å². The van der Waals surface area contributed by atoms with Crippen LogP contribution in [0.3, 0.4) is 0 Å². The van der Waals surface area contributed by atoms with Crippen LogP contribution in [0.1, 0.15) is 19.5 Å². The van der Waals surface area contributed by atoms with E-state index in [0.29, 0.717) is 15.8 Å². The molecule has 1 heterocycles. The van der Waals surface area contributed by atoms with Crippen molar-refractivity contribution in [2.75, 3.05) is 0 Å². The Morgan fingerprint density at radius 3 is 2.79 bits per heavy atom. The molecule has 2 rings (SSSR count). The van der Waals surface area contributed by atoms with Gasteiger partial charge in [-0.2, -0.15) is 4.37 Å². The minimum Gasteiger partial charge on any atom is -0.506 e. The fraction of sp³-hybridized carbons (Fsp3) is 0.300. The van der Waals surface area contributed by atoms with E-state index in [2.05, 4.69) is 4.37 Å². The van der Waals surface area contributed by atoms with Gasteiger partial charge in [0.15, 0.2) is 0 Å². The van der Waals surface area contributed by atoms with Gasteiger partial charge < -0.3 is 5.11 Å². The van der Waals surface area contributed by atoms with Gasteiger partial charge in [-0.05, 0) is 31.4 Å². The van der Waals surface area contributed by atoms with Crippen LogP contribution in [-0.4, -0.2) is 9.48 Å². The second-order valence-electron chi connectivity index (χ2n) is 3.66. The minimum absolute atomic E-state index is 0.163. The van der Waals surface area contributed by atoms with Crippen LogP contribution in [0.5, 0.6) is 5.75 Å². The van der Waals surface area contributed by atoms with Gasteiger partial charge in [0.25, 0.3) is 0 Å². The first-order chi connectivity index (χ1) is 6.50. The number of benzene rings is 1. The molecule has 0 saturated carbocycles.